The molecule has 0 atom stereocenters. The number of fused-ring (bicyclic) bond motifs is 2. The lowest BCUT2D eigenvalue weighted by atomic mass is 10.0. The van der Waals surface area contributed by atoms with Crippen LogP contribution in [0.5, 0.6) is 0 Å². The van der Waals surface area contributed by atoms with Gasteiger partial charge in [0.05, 0.1) is 0 Å². The maximum atomic E-state index is 12.7. The summed E-state index contributed by atoms with van der Waals surface area (Å²) in [6.45, 7) is 9.28. The highest BCUT2D eigenvalue weighted by Crippen LogP contribution is 2.37. The summed E-state index contributed by atoms with van der Waals surface area (Å²) in [6, 6.07) is 14.6. The van der Waals surface area contributed by atoms with E-state index in [2.05, 4.69) is 60.4 Å². The Bertz CT molecular complexity index is 985. The standard InChI is InChI=1S/C22H22F2N2/c1-14(2)25-9-8-17-12-19(6-7-21(17)25)26-13-18-5-4-16(11-22(23)24)10-20(18)15(26)3/h4-10,12,14,22H,3,11,13H2,1-2H3. The molecule has 2 aromatic carbocycles. The molecule has 0 radical (unpaired) electrons. The van der Waals surface area contributed by atoms with Gasteiger partial charge in [-0.05, 0) is 55.3 Å². The Morgan fingerprint density at radius 3 is 2.62 bits per heavy atom. The zero-order valence-electron chi connectivity index (χ0n) is 15.0. The summed E-state index contributed by atoms with van der Waals surface area (Å²) in [5, 5.41) is 1.19. The number of aromatic nitrogens is 1. The fourth-order valence-corrected chi connectivity index (χ4v) is 3.76. The molecule has 0 amide bonds. The molecule has 4 rings (SSSR count). The predicted octanol–water partition coefficient (Wildman–Crippen LogP) is 6.02. The Labute approximate surface area is 152 Å². The van der Waals surface area contributed by atoms with Crippen LogP contribution in [0.1, 0.15) is 36.6 Å². The second-order valence-corrected chi connectivity index (χ2v) is 7.18. The lowest BCUT2D eigenvalue weighted by Crippen LogP contribution is -2.12. The monoisotopic (exact) mass is 352 g/mol. The third-order valence-electron chi connectivity index (χ3n) is 5.10. The van der Waals surface area contributed by atoms with Gasteiger partial charge in [0.15, 0.2) is 0 Å². The van der Waals surface area contributed by atoms with E-state index < -0.39 is 6.43 Å². The van der Waals surface area contributed by atoms with Crippen LogP contribution in [0.15, 0.2) is 55.2 Å². The number of nitrogens with zero attached hydrogens (tertiary/aromatic N) is 2. The van der Waals surface area contributed by atoms with Crippen molar-refractivity contribution >= 4 is 22.3 Å². The van der Waals surface area contributed by atoms with Crippen molar-refractivity contribution in [1.29, 1.82) is 0 Å². The van der Waals surface area contributed by atoms with Crippen LogP contribution in [0.2, 0.25) is 0 Å². The van der Waals surface area contributed by atoms with Crippen LogP contribution < -0.4 is 4.90 Å². The Balaban J connectivity index is 1.66. The normalized spacial score (nSPS) is 14.1. The minimum Gasteiger partial charge on any atom is -0.345 e. The maximum absolute atomic E-state index is 12.7. The molecule has 134 valence electrons. The lowest BCUT2D eigenvalue weighted by molar-refractivity contribution is 0.149. The number of rotatable bonds is 4. The summed E-state index contributed by atoms with van der Waals surface area (Å²) in [7, 11) is 0. The van der Waals surface area contributed by atoms with Gasteiger partial charge in [0.25, 0.3) is 0 Å². The van der Waals surface area contributed by atoms with Crippen molar-refractivity contribution in [2.45, 2.75) is 39.3 Å². The largest absolute Gasteiger partial charge is 0.345 e. The molecule has 0 saturated heterocycles. The van der Waals surface area contributed by atoms with Gasteiger partial charge in [0.2, 0.25) is 6.43 Å². The van der Waals surface area contributed by atoms with Gasteiger partial charge in [0.1, 0.15) is 0 Å². The summed E-state index contributed by atoms with van der Waals surface area (Å²) in [5.74, 6) is 0. The molecule has 0 saturated carbocycles. The van der Waals surface area contributed by atoms with Gasteiger partial charge in [-0.2, -0.15) is 0 Å². The minimum atomic E-state index is -2.33. The maximum Gasteiger partial charge on any atom is 0.242 e. The highest BCUT2D eigenvalue weighted by molar-refractivity contribution is 5.89. The first-order valence-electron chi connectivity index (χ1n) is 8.91. The van der Waals surface area contributed by atoms with Gasteiger partial charge in [-0.3, -0.25) is 0 Å². The van der Waals surface area contributed by atoms with Crippen molar-refractivity contribution in [1.82, 2.24) is 4.57 Å². The lowest BCUT2D eigenvalue weighted by Gasteiger charge is -2.20. The highest BCUT2D eigenvalue weighted by atomic mass is 19.3. The smallest absolute Gasteiger partial charge is 0.242 e. The Kier molecular flexibility index (Phi) is 4.06. The minimum absolute atomic E-state index is 0.213. The topological polar surface area (TPSA) is 8.17 Å². The second kappa shape index (κ2) is 6.27. The molecular formula is C22H22F2N2. The average Bonchev–Trinajstić information content (AvgIpc) is 3.15. The van der Waals surface area contributed by atoms with Gasteiger partial charge in [0, 0.05) is 53.1 Å². The third kappa shape index (κ3) is 2.79. The molecule has 0 fully saturated rings. The molecule has 0 N–H and O–H groups in total. The van der Waals surface area contributed by atoms with E-state index in [1.54, 1.807) is 6.07 Å². The molecule has 0 unspecified atom stereocenters. The van der Waals surface area contributed by atoms with E-state index >= 15 is 0 Å². The molecule has 1 aliphatic heterocycles. The number of hydrogen-bond donors (Lipinski definition) is 0. The Hall–Kier alpha value is -2.62. The zero-order valence-corrected chi connectivity index (χ0v) is 15.0. The molecule has 0 bridgehead atoms. The summed E-state index contributed by atoms with van der Waals surface area (Å²) < 4.78 is 27.6. The van der Waals surface area contributed by atoms with Crippen LogP contribution in [-0.4, -0.2) is 11.0 Å². The average molecular weight is 352 g/mol. The van der Waals surface area contributed by atoms with Crippen LogP contribution in [0.4, 0.5) is 14.5 Å². The number of anilines is 1. The molecule has 0 aliphatic carbocycles. The van der Waals surface area contributed by atoms with E-state index in [1.165, 1.54) is 10.9 Å². The van der Waals surface area contributed by atoms with Crippen molar-refractivity contribution in [2.24, 2.45) is 0 Å². The predicted molar refractivity (Wildman–Crippen MR) is 104 cm³/mol. The zero-order chi connectivity index (χ0) is 18.4. The van der Waals surface area contributed by atoms with E-state index in [1.807, 2.05) is 12.1 Å². The first kappa shape index (κ1) is 16.8. The van der Waals surface area contributed by atoms with Crippen LogP contribution in [0.25, 0.3) is 16.6 Å². The van der Waals surface area contributed by atoms with Gasteiger partial charge in [-0.25, -0.2) is 8.78 Å². The fourth-order valence-electron chi connectivity index (χ4n) is 3.76. The molecule has 1 aromatic heterocycles. The Morgan fingerprint density at radius 1 is 1.08 bits per heavy atom. The van der Waals surface area contributed by atoms with E-state index in [9.17, 15) is 8.78 Å². The first-order chi connectivity index (χ1) is 12.4. The number of alkyl halides is 2. The quantitative estimate of drug-likeness (QED) is 0.557. The van der Waals surface area contributed by atoms with Gasteiger partial charge >= 0.3 is 0 Å². The third-order valence-corrected chi connectivity index (χ3v) is 5.10. The van der Waals surface area contributed by atoms with Crippen LogP contribution in [-0.2, 0) is 13.0 Å². The summed E-state index contributed by atoms with van der Waals surface area (Å²) in [5.41, 5.74) is 5.93. The van der Waals surface area contributed by atoms with Crippen molar-refractivity contribution < 1.29 is 8.78 Å². The molecule has 4 heteroatoms. The molecule has 2 nitrogen and oxygen atoms in total. The first-order valence-corrected chi connectivity index (χ1v) is 8.91. The van der Waals surface area contributed by atoms with Crippen LogP contribution >= 0.6 is 0 Å². The van der Waals surface area contributed by atoms with E-state index in [0.717, 1.165) is 29.1 Å². The molecule has 0 spiro atoms. The van der Waals surface area contributed by atoms with Crippen molar-refractivity contribution in [3.63, 3.8) is 0 Å². The van der Waals surface area contributed by atoms with Gasteiger partial charge in [-0.15, -0.1) is 0 Å². The molecular weight excluding hydrogens is 330 g/mol. The van der Waals surface area contributed by atoms with Gasteiger partial charge in [-0.1, -0.05) is 18.7 Å². The van der Waals surface area contributed by atoms with E-state index in [-0.39, 0.29) is 6.42 Å². The van der Waals surface area contributed by atoms with Crippen molar-refractivity contribution in [3.8, 4) is 0 Å². The number of halogens is 2. The van der Waals surface area contributed by atoms with E-state index in [0.29, 0.717) is 11.6 Å². The summed E-state index contributed by atoms with van der Waals surface area (Å²) >= 11 is 0. The second-order valence-electron chi connectivity index (χ2n) is 7.18. The summed E-state index contributed by atoms with van der Waals surface area (Å²) in [4.78, 5) is 2.16. The molecule has 26 heavy (non-hydrogen) atoms. The van der Waals surface area contributed by atoms with Crippen molar-refractivity contribution in [2.75, 3.05) is 4.90 Å². The molecule has 1 aliphatic rings. The highest BCUT2D eigenvalue weighted by Gasteiger charge is 2.24. The SMILES string of the molecule is C=C1c2cc(CC(F)F)ccc2CN1c1ccc2c(ccn2C(C)C)c1. The Morgan fingerprint density at radius 2 is 1.88 bits per heavy atom. The fraction of sp³-hybridized carbons (Fsp3) is 0.273. The van der Waals surface area contributed by atoms with Gasteiger partial charge < -0.3 is 9.47 Å². The van der Waals surface area contributed by atoms with Crippen molar-refractivity contribution in [3.05, 3.63) is 71.9 Å². The molecule has 2 heterocycles. The number of benzene rings is 2. The van der Waals surface area contributed by atoms with Crippen LogP contribution in [0.3, 0.4) is 0 Å². The number of hydrogen-bond acceptors (Lipinski definition) is 1. The molecule has 3 aromatic rings. The van der Waals surface area contributed by atoms with E-state index in [4.69, 9.17) is 0 Å². The van der Waals surface area contributed by atoms with Crippen LogP contribution in [0, 0.1) is 0 Å². The summed E-state index contributed by atoms with van der Waals surface area (Å²) in [6.07, 6.45) is -0.426.